The molecule has 0 N–H and O–H groups in total. The lowest BCUT2D eigenvalue weighted by Gasteiger charge is -2.21. The van der Waals surface area contributed by atoms with Crippen LogP contribution < -0.4 is 9.54 Å². The number of amides is 1. The van der Waals surface area contributed by atoms with E-state index in [0.29, 0.717) is 36.5 Å². The van der Waals surface area contributed by atoms with E-state index in [1.807, 2.05) is 23.6 Å². The van der Waals surface area contributed by atoms with Crippen molar-refractivity contribution >= 4 is 48.3 Å². The molecular formula is C25H25N3O4S2. The molecule has 1 aliphatic rings. The predicted molar refractivity (Wildman–Crippen MR) is 133 cm³/mol. The van der Waals surface area contributed by atoms with Gasteiger partial charge in [0.2, 0.25) is 10.0 Å². The number of hydrogen-bond donors (Lipinski definition) is 0. The zero-order valence-electron chi connectivity index (χ0n) is 19.0. The molecule has 0 bridgehead atoms. The van der Waals surface area contributed by atoms with Crippen LogP contribution in [0, 0.1) is 0 Å². The summed E-state index contributed by atoms with van der Waals surface area (Å²) in [5, 5.41) is 2.25. The first-order valence-electron chi connectivity index (χ1n) is 11.2. The van der Waals surface area contributed by atoms with Gasteiger partial charge in [-0.15, -0.1) is 0 Å². The highest BCUT2D eigenvalue weighted by Gasteiger charge is 2.39. The van der Waals surface area contributed by atoms with Crippen LogP contribution in [-0.2, 0) is 21.4 Å². The summed E-state index contributed by atoms with van der Waals surface area (Å²) in [5.41, 5.74) is 1.02. The van der Waals surface area contributed by atoms with Crippen molar-refractivity contribution < 1.29 is 17.9 Å². The van der Waals surface area contributed by atoms with Gasteiger partial charge in [0.25, 0.3) is 5.91 Å². The fourth-order valence-electron chi connectivity index (χ4n) is 4.52. The number of hydrogen-bond acceptors (Lipinski definition) is 5. The van der Waals surface area contributed by atoms with E-state index in [1.54, 1.807) is 12.1 Å². The van der Waals surface area contributed by atoms with E-state index in [4.69, 9.17) is 4.74 Å². The second kappa shape index (κ2) is 8.98. The van der Waals surface area contributed by atoms with E-state index in [0.717, 1.165) is 21.0 Å². The fourth-order valence-corrected chi connectivity index (χ4v) is 7.40. The Balaban J connectivity index is 1.54. The normalized spacial score (nSPS) is 17.6. The number of fused-ring (bicyclic) bond motifs is 3. The van der Waals surface area contributed by atoms with Crippen LogP contribution in [-0.4, -0.2) is 42.9 Å². The summed E-state index contributed by atoms with van der Waals surface area (Å²) in [4.78, 5) is 18.5. The standard InChI is InChI=1S/C25H25N3O4S2/c1-3-27-21-15-10-17-7-4-5-8-20(17)23(21)33-25(27)26-24(29)22-9-6-16-28(22)34(30,31)19-13-11-18(32-2)12-14-19/h4-5,7-8,10-15,22H,3,6,9,16H2,1-2H3/t22-/m1/s1. The summed E-state index contributed by atoms with van der Waals surface area (Å²) in [6.07, 6.45) is 1.07. The molecule has 34 heavy (non-hydrogen) atoms. The van der Waals surface area contributed by atoms with E-state index >= 15 is 0 Å². The van der Waals surface area contributed by atoms with Crippen LogP contribution >= 0.6 is 11.3 Å². The highest BCUT2D eigenvalue weighted by atomic mass is 32.2. The van der Waals surface area contributed by atoms with Gasteiger partial charge in [0.1, 0.15) is 11.8 Å². The van der Waals surface area contributed by atoms with Gasteiger partial charge in [-0.05, 0) is 55.5 Å². The molecule has 2 heterocycles. The largest absolute Gasteiger partial charge is 0.497 e. The molecule has 0 radical (unpaired) electrons. The quantitative estimate of drug-likeness (QED) is 0.416. The zero-order chi connectivity index (χ0) is 23.9. The van der Waals surface area contributed by atoms with Gasteiger partial charge in [0.05, 0.1) is 22.2 Å². The molecule has 4 aromatic rings. The second-order valence-corrected chi connectivity index (χ2v) is 11.0. The first-order chi connectivity index (χ1) is 16.4. The topological polar surface area (TPSA) is 81.0 Å². The van der Waals surface area contributed by atoms with Crippen molar-refractivity contribution in [2.75, 3.05) is 13.7 Å². The summed E-state index contributed by atoms with van der Waals surface area (Å²) >= 11 is 1.47. The molecule has 1 saturated heterocycles. The minimum atomic E-state index is -3.83. The van der Waals surface area contributed by atoms with Gasteiger partial charge in [-0.3, -0.25) is 4.79 Å². The molecule has 0 unspecified atom stereocenters. The van der Waals surface area contributed by atoms with Crippen molar-refractivity contribution in [3.8, 4) is 5.75 Å². The zero-order valence-corrected chi connectivity index (χ0v) is 20.6. The molecule has 1 amide bonds. The smallest absolute Gasteiger partial charge is 0.266 e. The third-order valence-electron chi connectivity index (χ3n) is 6.25. The Bertz CT molecular complexity index is 1550. The van der Waals surface area contributed by atoms with Crippen molar-refractivity contribution in [3.63, 3.8) is 0 Å². The minimum absolute atomic E-state index is 0.143. The van der Waals surface area contributed by atoms with Crippen LogP contribution in [0.3, 0.4) is 0 Å². The molecule has 9 heteroatoms. The lowest BCUT2D eigenvalue weighted by molar-refractivity contribution is -0.121. The number of thiazole rings is 1. The summed E-state index contributed by atoms with van der Waals surface area (Å²) in [5.74, 6) is 0.150. The fraction of sp³-hybridized carbons (Fsp3) is 0.280. The lowest BCUT2D eigenvalue weighted by atomic mass is 10.1. The number of carbonyl (C=O) groups is 1. The number of benzene rings is 3. The molecule has 1 aromatic heterocycles. The number of nitrogens with zero attached hydrogens (tertiary/aromatic N) is 3. The Morgan fingerprint density at radius 1 is 1.12 bits per heavy atom. The molecule has 0 aliphatic carbocycles. The maximum Gasteiger partial charge on any atom is 0.266 e. The molecular weight excluding hydrogens is 470 g/mol. The van der Waals surface area contributed by atoms with Crippen molar-refractivity contribution in [2.45, 2.75) is 37.2 Å². The van der Waals surface area contributed by atoms with Crippen molar-refractivity contribution in [2.24, 2.45) is 4.99 Å². The number of ether oxygens (including phenoxy) is 1. The summed E-state index contributed by atoms with van der Waals surface area (Å²) < 4.78 is 36.1. The molecule has 3 aromatic carbocycles. The first kappa shape index (κ1) is 22.8. The maximum absolute atomic E-state index is 13.3. The Morgan fingerprint density at radius 3 is 2.62 bits per heavy atom. The monoisotopic (exact) mass is 495 g/mol. The number of rotatable bonds is 5. The van der Waals surface area contributed by atoms with E-state index in [9.17, 15) is 13.2 Å². The van der Waals surface area contributed by atoms with Crippen LogP contribution in [0.5, 0.6) is 5.75 Å². The Hall–Kier alpha value is -3.01. The molecule has 1 fully saturated rings. The molecule has 1 aliphatic heterocycles. The van der Waals surface area contributed by atoms with Gasteiger partial charge >= 0.3 is 0 Å². The van der Waals surface area contributed by atoms with Crippen molar-refractivity contribution in [1.82, 2.24) is 8.87 Å². The predicted octanol–water partition coefficient (Wildman–Crippen LogP) is 4.17. The molecule has 176 valence electrons. The highest BCUT2D eigenvalue weighted by molar-refractivity contribution is 7.89. The number of carbonyl (C=O) groups excluding carboxylic acids is 1. The van der Waals surface area contributed by atoms with Gasteiger partial charge in [0.15, 0.2) is 4.80 Å². The van der Waals surface area contributed by atoms with Crippen LogP contribution in [0.1, 0.15) is 19.8 Å². The van der Waals surface area contributed by atoms with Crippen LogP contribution in [0.2, 0.25) is 0 Å². The summed E-state index contributed by atoms with van der Waals surface area (Å²) in [7, 11) is -2.30. The van der Waals surface area contributed by atoms with Crippen molar-refractivity contribution in [3.05, 3.63) is 65.5 Å². The van der Waals surface area contributed by atoms with Crippen LogP contribution in [0.25, 0.3) is 21.0 Å². The van der Waals surface area contributed by atoms with E-state index in [-0.39, 0.29) is 4.90 Å². The van der Waals surface area contributed by atoms with Crippen LogP contribution in [0.4, 0.5) is 0 Å². The first-order valence-corrected chi connectivity index (χ1v) is 13.4. The molecule has 0 saturated carbocycles. The van der Waals surface area contributed by atoms with Crippen LogP contribution in [0.15, 0.2) is 70.6 Å². The highest BCUT2D eigenvalue weighted by Crippen LogP contribution is 2.29. The van der Waals surface area contributed by atoms with Gasteiger partial charge in [0, 0.05) is 18.5 Å². The summed E-state index contributed by atoms with van der Waals surface area (Å²) in [6.45, 7) is 2.97. The lowest BCUT2D eigenvalue weighted by Crippen LogP contribution is -2.40. The Kier molecular flexibility index (Phi) is 6.01. The van der Waals surface area contributed by atoms with E-state index in [2.05, 4.69) is 29.3 Å². The molecule has 7 nitrogen and oxygen atoms in total. The Labute approximate surface area is 202 Å². The SMILES string of the molecule is CCn1c(=NC(=O)[C@H]2CCCN2S(=O)(=O)c2ccc(OC)cc2)sc2c3ccccc3ccc21. The van der Waals surface area contributed by atoms with Gasteiger partial charge in [-0.2, -0.15) is 9.30 Å². The third kappa shape index (κ3) is 3.83. The number of aryl methyl sites for hydroxylation is 1. The van der Waals surface area contributed by atoms with Crippen molar-refractivity contribution in [1.29, 1.82) is 0 Å². The van der Waals surface area contributed by atoms with Gasteiger partial charge in [-0.25, -0.2) is 8.42 Å². The third-order valence-corrected chi connectivity index (χ3v) is 9.30. The maximum atomic E-state index is 13.3. The minimum Gasteiger partial charge on any atom is -0.497 e. The average Bonchev–Trinajstić information content (AvgIpc) is 3.49. The summed E-state index contributed by atoms with van der Waals surface area (Å²) in [6, 6.07) is 17.7. The molecule has 0 spiro atoms. The van der Waals surface area contributed by atoms with E-state index in [1.165, 1.54) is 34.9 Å². The molecule has 1 atom stereocenters. The average molecular weight is 496 g/mol. The second-order valence-electron chi connectivity index (χ2n) is 8.16. The van der Waals surface area contributed by atoms with E-state index < -0.39 is 22.0 Å². The number of aromatic nitrogens is 1. The Morgan fingerprint density at radius 2 is 1.88 bits per heavy atom. The number of methoxy groups -OCH3 is 1. The molecule has 5 rings (SSSR count). The van der Waals surface area contributed by atoms with Gasteiger partial charge < -0.3 is 9.30 Å². The number of sulfonamides is 1. The van der Waals surface area contributed by atoms with Gasteiger partial charge in [-0.1, -0.05) is 41.7 Å².